The molecule has 1 aliphatic rings. The number of halogens is 3. The van der Waals surface area contributed by atoms with Crippen LogP contribution < -0.4 is 5.56 Å². The van der Waals surface area contributed by atoms with Crippen LogP contribution in [0.15, 0.2) is 11.0 Å². The number of hydrogen-bond donors (Lipinski definition) is 1. The summed E-state index contributed by atoms with van der Waals surface area (Å²) in [5.41, 5.74) is -0.164. The van der Waals surface area contributed by atoms with E-state index in [0.29, 0.717) is 18.9 Å². The third kappa shape index (κ3) is 2.72. The number of aromatic amines is 1. The van der Waals surface area contributed by atoms with Gasteiger partial charge in [0.1, 0.15) is 11.2 Å². The molecule has 2 aromatic heterocycles. The van der Waals surface area contributed by atoms with E-state index in [4.69, 9.17) is 4.74 Å². The minimum atomic E-state index is -4.33. The Labute approximate surface area is 123 Å². The molecule has 1 fully saturated rings. The lowest BCUT2D eigenvalue weighted by atomic mass is 10.1. The minimum absolute atomic E-state index is 0.0167. The van der Waals surface area contributed by atoms with Crippen LogP contribution in [0.5, 0.6) is 0 Å². The van der Waals surface area contributed by atoms with E-state index in [0.717, 1.165) is 13.3 Å². The lowest BCUT2D eigenvalue weighted by Crippen LogP contribution is -2.24. The summed E-state index contributed by atoms with van der Waals surface area (Å²) in [4.78, 5) is 18.6. The molecule has 0 bridgehead atoms. The Morgan fingerprint density at radius 1 is 1.55 bits per heavy atom. The van der Waals surface area contributed by atoms with Crippen LogP contribution in [0.1, 0.15) is 25.2 Å². The van der Waals surface area contributed by atoms with Gasteiger partial charge in [0.05, 0.1) is 24.8 Å². The number of fused-ring (bicyclic) bond motifs is 1. The molecule has 1 saturated heterocycles. The van der Waals surface area contributed by atoms with Crippen LogP contribution in [0.3, 0.4) is 0 Å². The zero-order valence-electron chi connectivity index (χ0n) is 11.9. The highest BCUT2D eigenvalue weighted by Gasteiger charge is 2.36. The number of nitrogens with one attached hydrogen (secondary N) is 1. The average Bonchev–Trinajstić information content (AvgIpc) is 3.05. The third-order valence-electron chi connectivity index (χ3n) is 3.82. The summed E-state index contributed by atoms with van der Waals surface area (Å²) in [5.74, 6) is -1.57. The first-order valence-electron chi connectivity index (χ1n) is 6.97. The molecule has 0 spiro atoms. The molecule has 9 heteroatoms. The Bertz CT molecular complexity index is 731. The molecule has 2 unspecified atom stereocenters. The van der Waals surface area contributed by atoms with Crippen molar-refractivity contribution in [2.45, 2.75) is 32.0 Å². The highest BCUT2D eigenvalue weighted by atomic mass is 19.4. The van der Waals surface area contributed by atoms with Crippen molar-refractivity contribution in [2.24, 2.45) is 5.92 Å². The van der Waals surface area contributed by atoms with Gasteiger partial charge in [-0.1, -0.05) is 6.92 Å². The highest BCUT2D eigenvalue weighted by molar-refractivity contribution is 5.73. The molecule has 0 aromatic carbocycles. The van der Waals surface area contributed by atoms with Crippen LogP contribution in [0, 0.1) is 5.92 Å². The number of alkyl halides is 3. The van der Waals surface area contributed by atoms with Gasteiger partial charge in [0.2, 0.25) is 0 Å². The molecule has 3 rings (SSSR count). The van der Waals surface area contributed by atoms with E-state index in [1.807, 2.05) is 0 Å². The molecule has 1 aliphatic heterocycles. The second kappa shape index (κ2) is 5.38. The molecule has 3 heterocycles. The summed E-state index contributed by atoms with van der Waals surface area (Å²) in [6.45, 7) is 2.11. The average molecular weight is 316 g/mol. The third-order valence-corrected chi connectivity index (χ3v) is 3.82. The van der Waals surface area contributed by atoms with Gasteiger partial charge < -0.3 is 9.72 Å². The lowest BCUT2D eigenvalue weighted by Gasteiger charge is -2.15. The fourth-order valence-corrected chi connectivity index (χ4v) is 2.47. The summed E-state index contributed by atoms with van der Waals surface area (Å²) >= 11 is 0. The van der Waals surface area contributed by atoms with Gasteiger partial charge in [0, 0.05) is 13.0 Å². The SMILES string of the molecule is CC(Cc1nc2c(cnn2C2CCOC2)c(=O)[nH]1)C(F)(F)F. The molecule has 22 heavy (non-hydrogen) atoms. The Morgan fingerprint density at radius 2 is 2.32 bits per heavy atom. The second-order valence-corrected chi connectivity index (χ2v) is 5.50. The van der Waals surface area contributed by atoms with E-state index < -0.39 is 17.7 Å². The van der Waals surface area contributed by atoms with Crippen molar-refractivity contribution < 1.29 is 17.9 Å². The van der Waals surface area contributed by atoms with Crippen molar-refractivity contribution in [1.82, 2.24) is 19.7 Å². The van der Waals surface area contributed by atoms with Crippen molar-refractivity contribution in [3.05, 3.63) is 22.4 Å². The molecular formula is C13H15F3N4O2. The standard InChI is InChI=1S/C13H15F3N4O2/c1-7(13(14,15)16)4-10-18-11-9(12(21)19-10)5-17-20(11)8-2-3-22-6-8/h5,7-8H,2-4,6H2,1H3,(H,18,19,21). The Kier molecular flexibility index (Phi) is 3.67. The summed E-state index contributed by atoms with van der Waals surface area (Å²) in [6, 6.07) is -0.0420. The van der Waals surface area contributed by atoms with Crippen LogP contribution in [-0.2, 0) is 11.2 Å². The quantitative estimate of drug-likeness (QED) is 0.937. The number of hydrogen-bond acceptors (Lipinski definition) is 4. The normalized spacial score (nSPS) is 20.6. The van der Waals surface area contributed by atoms with E-state index in [1.165, 1.54) is 6.20 Å². The number of ether oxygens (including phenoxy) is 1. The molecule has 0 radical (unpaired) electrons. The maximum absolute atomic E-state index is 12.7. The fourth-order valence-electron chi connectivity index (χ4n) is 2.47. The van der Waals surface area contributed by atoms with Gasteiger partial charge in [-0.3, -0.25) is 4.79 Å². The van der Waals surface area contributed by atoms with Gasteiger partial charge in [0.15, 0.2) is 5.65 Å². The Morgan fingerprint density at radius 3 is 2.95 bits per heavy atom. The van der Waals surface area contributed by atoms with Crippen molar-refractivity contribution in [3.63, 3.8) is 0 Å². The smallest absolute Gasteiger partial charge is 0.379 e. The monoisotopic (exact) mass is 316 g/mol. The van der Waals surface area contributed by atoms with Crippen LogP contribution in [-0.4, -0.2) is 39.1 Å². The van der Waals surface area contributed by atoms with Gasteiger partial charge in [-0.2, -0.15) is 18.3 Å². The molecular weight excluding hydrogens is 301 g/mol. The zero-order valence-corrected chi connectivity index (χ0v) is 11.9. The van der Waals surface area contributed by atoms with Crippen molar-refractivity contribution in [3.8, 4) is 0 Å². The predicted octanol–water partition coefficient (Wildman–Crippen LogP) is 1.82. The largest absolute Gasteiger partial charge is 0.391 e. The molecule has 6 nitrogen and oxygen atoms in total. The molecule has 0 amide bonds. The number of nitrogens with zero attached hydrogens (tertiary/aromatic N) is 3. The summed E-state index contributed by atoms with van der Waals surface area (Å²) in [5, 5.41) is 4.41. The first-order valence-corrected chi connectivity index (χ1v) is 6.97. The van der Waals surface area contributed by atoms with Gasteiger partial charge in [-0.15, -0.1) is 0 Å². The van der Waals surface area contributed by atoms with Crippen LogP contribution in [0.4, 0.5) is 13.2 Å². The van der Waals surface area contributed by atoms with Crippen molar-refractivity contribution >= 4 is 11.0 Å². The molecule has 2 aromatic rings. The molecule has 0 saturated carbocycles. The molecule has 0 aliphatic carbocycles. The Balaban J connectivity index is 1.99. The highest BCUT2D eigenvalue weighted by Crippen LogP contribution is 2.28. The minimum Gasteiger partial charge on any atom is -0.379 e. The van der Waals surface area contributed by atoms with Crippen molar-refractivity contribution in [2.75, 3.05) is 13.2 Å². The summed E-state index contributed by atoms with van der Waals surface area (Å²) < 4.78 is 44.8. The zero-order chi connectivity index (χ0) is 15.9. The number of H-pyrrole nitrogens is 1. The van der Waals surface area contributed by atoms with E-state index in [2.05, 4.69) is 15.1 Å². The van der Waals surface area contributed by atoms with E-state index in [-0.39, 0.29) is 23.7 Å². The molecule has 1 N–H and O–H groups in total. The van der Waals surface area contributed by atoms with E-state index in [9.17, 15) is 18.0 Å². The predicted molar refractivity (Wildman–Crippen MR) is 71.5 cm³/mol. The first-order chi connectivity index (χ1) is 10.4. The second-order valence-electron chi connectivity index (χ2n) is 5.50. The first kappa shape index (κ1) is 15.0. The molecule has 2 atom stereocenters. The van der Waals surface area contributed by atoms with Crippen LogP contribution >= 0.6 is 0 Å². The summed E-state index contributed by atoms with van der Waals surface area (Å²) in [7, 11) is 0. The number of rotatable bonds is 3. The summed E-state index contributed by atoms with van der Waals surface area (Å²) in [6.07, 6.45) is -2.58. The maximum atomic E-state index is 12.7. The van der Waals surface area contributed by atoms with Crippen LogP contribution in [0.2, 0.25) is 0 Å². The van der Waals surface area contributed by atoms with Gasteiger partial charge in [-0.25, -0.2) is 9.67 Å². The maximum Gasteiger partial charge on any atom is 0.391 e. The van der Waals surface area contributed by atoms with Gasteiger partial charge >= 0.3 is 6.18 Å². The van der Waals surface area contributed by atoms with Crippen LogP contribution in [0.25, 0.3) is 11.0 Å². The van der Waals surface area contributed by atoms with E-state index >= 15 is 0 Å². The fraction of sp³-hybridized carbons (Fsp3) is 0.615. The van der Waals surface area contributed by atoms with Crippen molar-refractivity contribution in [1.29, 1.82) is 0 Å². The number of aromatic nitrogens is 4. The van der Waals surface area contributed by atoms with E-state index in [1.54, 1.807) is 4.68 Å². The molecule has 120 valence electrons. The topological polar surface area (TPSA) is 72.8 Å². The Hall–Kier alpha value is -1.90. The lowest BCUT2D eigenvalue weighted by molar-refractivity contribution is -0.169. The van der Waals surface area contributed by atoms with Gasteiger partial charge in [0.25, 0.3) is 5.56 Å². The van der Waals surface area contributed by atoms with Gasteiger partial charge in [-0.05, 0) is 6.42 Å².